The fraction of sp³-hybridized carbons (Fsp3) is 0.364. The number of ether oxygens (including phenoxy) is 1. The molecule has 0 N–H and O–H groups in total. The number of Topliss-reactive ketones (excluding diaryl/α,β-unsaturated/α-hetero) is 1. The van der Waals surface area contributed by atoms with Gasteiger partial charge in [-0.1, -0.05) is 12.1 Å². The summed E-state index contributed by atoms with van der Waals surface area (Å²) in [4.78, 5) is 11.4. The number of carbonyl (C=O) groups excluding carboxylic acids is 1. The summed E-state index contributed by atoms with van der Waals surface area (Å²) in [5, 5.41) is 0. The van der Waals surface area contributed by atoms with Gasteiger partial charge in [-0.15, -0.1) is 0 Å². The van der Waals surface area contributed by atoms with Crippen molar-refractivity contribution >= 4 is 5.78 Å². The third kappa shape index (κ3) is 3.26. The zero-order valence-electron chi connectivity index (χ0n) is 8.13. The van der Waals surface area contributed by atoms with Gasteiger partial charge in [0, 0.05) is 18.6 Å². The van der Waals surface area contributed by atoms with Crippen molar-refractivity contribution in [1.82, 2.24) is 0 Å². The molecule has 0 aromatic heterocycles. The predicted molar refractivity (Wildman–Crippen MR) is 51.8 cm³/mol. The summed E-state index contributed by atoms with van der Waals surface area (Å²) >= 11 is 0. The minimum absolute atomic E-state index is 0.0852. The van der Waals surface area contributed by atoms with Gasteiger partial charge in [0.15, 0.2) is 5.78 Å². The molecule has 0 radical (unpaired) electrons. The van der Waals surface area contributed by atoms with Gasteiger partial charge in [0.1, 0.15) is 5.82 Å². The Hall–Kier alpha value is -1.22. The summed E-state index contributed by atoms with van der Waals surface area (Å²) < 4.78 is 17.8. The summed E-state index contributed by atoms with van der Waals surface area (Å²) in [5.41, 5.74) is 0.407. The maximum atomic E-state index is 12.7. The van der Waals surface area contributed by atoms with Crippen LogP contribution >= 0.6 is 0 Å². The van der Waals surface area contributed by atoms with E-state index in [1.807, 2.05) is 6.92 Å². The molecule has 0 spiro atoms. The Morgan fingerprint density at radius 2 is 2.29 bits per heavy atom. The van der Waals surface area contributed by atoms with Gasteiger partial charge in [-0.05, 0) is 19.1 Å². The number of carbonyl (C=O) groups is 1. The van der Waals surface area contributed by atoms with E-state index in [2.05, 4.69) is 0 Å². The molecule has 2 nitrogen and oxygen atoms in total. The molecule has 3 heteroatoms. The van der Waals surface area contributed by atoms with Gasteiger partial charge in [-0.3, -0.25) is 4.79 Å². The molecule has 0 heterocycles. The Kier molecular flexibility index (Phi) is 4.26. The van der Waals surface area contributed by atoms with Gasteiger partial charge < -0.3 is 4.74 Å². The highest BCUT2D eigenvalue weighted by Crippen LogP contribution is 2.06. The molecule has 0 aliphatic carbocycles. The van der Waals surface area contributed by atoms with Crippen LogP contribution in [0.5, 0.6) is 0 Å². The summed E-state index contributed by atoms with van der Waals surface area (Å²) in [5.74, 6) is -0.467. The van der Waals surface area contributed by atoms with Crippen molar-refractivity contribution in [1.29, 1.82) is 0 Å². The average molecular weight is 196 g/mol. The van der Waals surface area contributed by atoms with Gasteiger partial charge in [-0.25, -0.2) is 4.39 Å². The van der Waals surface area contributed by atoms with Crippen LogP contribution < -0.4 is 0 Å². The van der Waals surface area contributed by atoms with E-state index in [9.17, 15) is 9.18 Å². The van der Waals surface area contributed by atoms with Crippen molar-refractivity contribution in [2.24, 2.45) is 0 Å². The first-order valence-electron chi connectivity index (χ1n) is 4.60. The lowest BCUT2D eigenvalue weighted by Gasteiger charge is -2.01. The SMILES string of the molecule is CCOCCC(=O)c1cccc(F)c1. The van der Waals surface area contributed by atoms with Crippen LogP contribution in [0.1, 0.15) is 23.7 Å². The average Bonchev–Trinajstić information content (AvgIpc) is 2.18. The number of hydrogen-bond acceptors (Lipinski definition) is 2. The Labute approximate surface area is 82.7 Å². The van der Waals surface area contributed by atoms with E-state index in [1.54, 1.807) is 6.07 Å². The fourth-order valence-electron chi connectivity index (χ4n) is 1.12. The lowest BCUT2D eigenvalue weighted by Crippen LogP contribution is -2.04. The van der Waals surface area contributed by atoms with Crippen LogP contribution in [0.4, 0.5) is 4.39 Å². The molecule has 0 atom stereocenters. The summed E-state index contributed by atoms with van der Waals surface area (Å²) in [6.45, 7) is 2.86. The number of hydrogen-bond donors (Lipinski definition) is 0. The molecule has 1 aromatic carbocycles. The van der Waals surface area contributed by atoms with Gasteiger partial charge in [-0.2, -0.15) is 0 Å². The number of rotatable bonds is 5. The molecule has 1 rings (SSSR count). The monoisotopic (exact) mass is 196 g/mol. The van der Waals surface area contributed by atoms with E-state index < -0.39 is 0 Å². The molecule has 0 saturated heterocycles. The van der Waals surface area contributed by atoms with E-state index in [4.69, 9.17) is 4.74 Å². The summed E-state index contributed by atoms with van der Waals surface area (Å²) in [6.07, 6.45) is 0.303. The topological polar surface area (TPSA) is 26.3 Å². The van der Waals surface area contributed by atoms with Crippen LogP contribution in [0, 0.1) is 5.82 Å². The molecular weight excluding hydrogens is 183 g/mol. The summed E-state index contributed by atoms with van der Waals surface area (Å²) in [6, 6.07) is 5.70. The second-order valence-electron chi connectivity index (χ2n) is 2.88. The van der Waals surface area contributed by atoms with Crippen LogP contribution in [0.25, 0.3) is 0 Å². The van der Waals surface area contributed by atoms with E-state index >= 15 is 0 Å². The first-order chi connectivity index (χ1) is 6.74. The maximum absolute atomic E-state index is 12.7. The van der Waals surface area contributed by atoms with Crippen LogP contribution in [0.3, 0.4) is 0 Å². The van der Waals surface area contributed by atoms with Gasteiger partial charge in [0.05, 0.1) is 6.61 Å². The van der Waals surface area contributed by atoms with Crippen molar-refractivity contribution in [3.8, 4) is 0 Å². The Morgan fingerprint density at radius 3 is 2.93 bits per heavy atom. The number of halogens is 1. The van der Waals surface area contributed by atoms with E-state index in [1.165, 1.54) is 18.2 Å². The second-order valence-corrected chi connectivity index (χ2v) is 2.88. The Morgan fingerprint density at radius 1 is 1.50 bits per heavy atom. The molecule has 14 heavy (non-hydrogen) atoms. The van der Waals surface area contributed by atoms with Crippen molar-refractivity contribution in [3.05, 3.63) is 35.6 Å². The van der Waals surface area contributed by atoms with E-state index in [-0.39, 0.29) is 11.6 Å². The molecule has 0 unspecified atom stereocenters. The zero-order valence-corrected chi connectivity index (χ0v) is 8.13. The highest BCUT2D eigenvalue weighted by atomic mass is 19.1. The zero-order chi connectivity index (χ0) is 10.4. The van der Waals surface area contributed by atoms with Crippen LogP contribution in [-0.2, 0) is 4.74 Å². The third-order valence-electron chi connectivity index (χ3n) is 1.82. The Balaban J connectivity index is 2.52. The molecule has 0 saturated carbocycles. The lowest BCUT2D eigenvalue weighted by molar-refractivity contribution is 0.0895. The van der Waals surface area contributed by atoms with Gasteiger partial charge in [0.25, 0.3) is 0 Å². The summed E-state index contributed by atoms with van der Waals surface area (Å²) in [7, 11) is 0. The minimum Gasteiger partial charge on any atom is -0.381 e. The lowest BCUT2D eigenvalue weighted by atomic mass is 10.1. The van der Waals surface area contributed by atoms with Crippen molar-refractivity contribution in [2.45, 2.75) is 13.3 Å². The largest absolute Gasteiger partial charge is 0.381 e. The Bertz CT molecular complexity index is 310. The number of ketones is 1. The molecule has 1 aromatic rings. The highest BCUT2D eigenvalue weighted by molar-refractivity contribution is 5.96. The maximum Gasteiger partial charge on any atom is 0.165 e. The van der Waals surface area contributed by atoms with Crippen LogP contribution in [0.2, 0.25) is 0 Å². The molecule has 0 aliphatic rings. The smallest absolute Gasteiger partial charge is 0.165 e. The van der Waals surface area contributed by atoms with Gasteiger partial charge in [0.2, 0.25) is 0 Å². The first kappa shape index (κ1) is 10.9. The van der Waals surface area contributed by atoms with Crippen LogP contribution in [0.15, 0.2) is 24.3 Å². The second kappa shape index (κ2) is 5.50. The standard InChI is InChI=1S/C11H13FO2/c1-2-14-7-6-11(13)9-4-3-5-10(12)8-9/h3-5,8H,2,6-7H2,1H3. The molecule has 0 aliphatic heterocycles. The molecule has 0 bridgehead atoms. The van der Waals surface area contributed by atoms with Gasteiger partial charge >= 0.3 is 0 Å². The molecular formula is C11H13FO2. The molecule has 0 fully saturated rings. The predicted octanol–water partition coefficient (Wildman–Crippen LogP) is 2.44. The van der Waals surface area contributed by atoms with E-state index in [0.29, 0.717) is 25.2 Å². The molecule has 0 amide bonds. The normalized spacial score (nSPS) is 10.1. The van der Waals surface area contributed by atoms with Crippen molar-refractivity contribution in [2.75, 3.05) is 13.2 Å². The minimum atomic E-state index is -0.382. The molecule has 76 valence electrons. The highest BCUT2D eigenvalue weighted by Gasteiger charge is 2.05. The van der Waals surface area contributed by atoms with E-state index in [0.717, 1.165) is 0 Å². The van der Waals surface area contributed by atoms with Crippen LogP contribution in [-0.4, -0.2) is 19.0 Å². The first-order valence-corrected chi connectivity index (χ1v) is 4.60. The number of benzene rings is 1. The van der Waals surface area contributed by atoms with Crippen molar-refractivity contribution < 1.29 is 13.9 Å². The quantitative estimate of drug-likeness (QED) is 0.534. The van der Waals surface area contributed by atoms with Crippen molar-refractivity contribution in [3.63, 3.8) is 0 Å². The fourth-order valence-corrected chi connectivity index (χ4v) is 1.12. The third-order valence-corrected chi connectivity index (χ3v) is 1.82.